The number of nitrogens with one attached hydrogen (secondary N) is 1. The van der Waals surface area contributed by atoms with E-state index in [9.17, 15) is 4.79 Å². The number of nitrogens with zero attached hydrogens (tertiary/aromatic N) is 1. The van der Waals surface area contributed by atoms with Crippen LogP contribution in [0.4, 0.5) is 5.69 Å². The van der Waals surface area contributed by atoms with Gasteiger partial charge in [0.25, 0.3) is 5.91 Å². The van der Waals surface area contributed by atoms with Crippen LogP contribution in [0, 0.1) is 6.92 Å². The van der Waals surface area contributed by atoms with E-state index in [4.69, 9.17) is 16.3 Å². The highest BCUT2D eigenvalue weighted by Gasteiger charge is 2.18. The molecule has 3 aromatic rings. The molecular formula is C20H19ClN2O2S. The molecule has 1 heterocycles. The molecule has 0 bridgehead atoms. The average molecular weight is 387 g/mol. The second kappa shape index (κ2) is 7.89. The monoisotopic (exact) mass is 386 g/mol. The fourth-order valence-electron chi connectivity index (χ4n) is 2.57. The summed E-state index contributed by atoms with van der Waals surface area (Å²) in [4.78, 5) is 17.9. The number of aryl methyl sites for hydroxylation is 2. The van der Waals surface area contributed by atoms with Crippen LogP contribution in [0.25, 0.3) is 10.6 Å². The van der Waals surface area contributed by atoms with E-state index in [0.717, 1.165) is 17.0 Å². The van der Waals surface area contributed by atoms with E-state index < -0.39 is 0 Å². The number of thiazole rings is 1. The fourth-order valence-corrected chi connectivity index (χ4v) is 3.71. The van der Waals surface area contributed by atoms with E-state index >= 15 is 0 Å². The van der Waals surface area contributed by atoms with Gasteiger partial charge in [-0.3, -0.25) is 4.79 Å². The van der Waals surface area contributed by atoms with Gasteiger partial charge in [0.15, 0.2) is 0 Å². The first-order chi connectivity index (χ1) is 12.5. The predicted molar refractivity (Wildman–Crippen MR) is 108 cm³/mol. The van der Waals surface area contributed by atoms with Crippen molar-refractivity contribution in [3.8, 4) is 16.3 Å². The summed E-state index contributed by atoms with van der Waals surface area (Å²) < 4.78 is 5.28. The van der Waals surface area contributed by atoms with Gasteiger partial charge in [0.2, 0.25) is 0 Å². The van der Waals surface area contributed by atoms with Gasteiger partial charge in [0.1, 0.15) is 15.6 Å². The number of hydrogen-bond acceptors (Lipinski definition) is 4. The van der Waals surface area contributed by atoms with Gasteiger partial charge < -0.3 is 10.1 Å². The molecule has 0 atom stereocenters. The second-order valence-corrected chi connectivity index (χ2v) is 7.22. The number of anilines is 1. The Morgan fingerprint density at radius 3 is 2.62 bits per heavy atom. The Kier molecular flexibility index (Phi) is 5.59. The lowest BCUT2D eigenvalue weighted by Gasteiger charge is -2.09. The van der Waals surface area contributed by atoms with Crippen LogP contribution < -0.4 is 10.1 Å². The standard InChI is InChI=1S/C20H19ClN2O2S/c1-4-13-5-7-14(8-6-13)20-22-12(2)18(26-20)19(24)23-16-11-15(21)9-10-17(16)25-3/h5-11H,4H2,1-3H3,(H,23,24). The van der Waals surface area contributed by atoms with Crippen molar-refractivity contribution in [1.29, 1.82) is 0 Å². The Bertz CT molecular complexity index is 935. The summed E-state index contributed by atoms with van der Waals surface area (Å²) in [5.41, 5.74) is 3.51. The Morgan fingerprint density at radius 2 is 1.96 bits per heavy atom. The van der Waals surface area contributed by atoms with Crippen LogP contribution in [0.1, 0.15) is 27.9 Å². The molecule has 0 aliphatic heterocycles. The first kappa shape index (κ1) is 18.4. The molecule has 0 radical (unpaired) electrons. The lowest BCUT2D eigenvalue weighted by Crippen LogP contribution is -2.12. The largest absolute Gasteiger partial charge is 0.495 e. The van der Waals surface area contributed by atoms with Crippen LogP contribution in [0.15, 0.2) is 42.5 Å². The molecule has 0 saturated carbocycles. The number of carbonyl (C=O) groups is 1. The molecule has 0 unspecified atom stereocenters. The number of methoxy groups -OCH3 is 1. The van der Waals surface area contributed by atoms with Crippen LogP contribution in [0.5, 0.6) is 5.75 Å². The minimum Gasteiger partial charge on any atom is -0.495 e. The third-order valence-electron chi connectivity index (χ3n) is 4.02. The quantitative estimate of drug-likeness (QED) is 0.621. The number of hydrogen-bond donors (Lipinski definition) is 1. The van der Waals surface area contributed by atoms with E-state index in [1.165, 1.54) is 16.9 Å². The first-order valence-corrected chi connectivity index (χ1v) is 9.43. The Labute approximate surface area is 161 Å². The molecule has 1 aromatic heterocycles. The van der Waals surface area contributed by atoms with Gasteiger partial charge in [0, 0.05) is 10.6 Å². The number of rotatable bonds is 5. The summed E-state index contributed by atoms with van der Waals surface area (Å²) in [5.74, 6) is 0.331. The molecule has 2 aromatic carbocycles. The van der Waals surface area contributed by atoms with E-state index in [1.54, 1.807) is 25.3 Å². The maximum absolute atomic E-state index is 12.7. The van der Waals surface area contributed by atoms with Gasteiger partial charge in [-0.2, -0.15) is 0 Å². The summed E-state index contributed by atoms with van der Waals surface area (Å²) >= 11 is 7.40. The van der Waals surface area contributed by atoms with Gasteiger partial charge in [0.05, 0.1) is 18.5 Å². The molecule has 4 nitrogen and oxygen atoms in total. The Balaban J connectivity index is 1.86. The summed E-state index contributed by atoms with van der Waals surface area (Å²) in [6.45, 7) is 3.96. The molecule has 0 fully saturated rings. The zero-order valence-electron chi connectivity index (χ0n) is 14.8. The molecule has 6 heteroatoms. The van der Waals surface area contributed by atoms with Gasteiger partial charge in [-0.05, 0) is 37.1 Å². The molecule has 0 saturated heterocycles. The molecular weight excluding hydrogens is 368 g/mol. The number of benzene rings is 2. The van der Waals surface area contributed by atoms with E-state index in [-0.39, 0.29) is 5.91 Å². The summed E-state index contributed by atoms with van der Waals surface area (Å²) in [6.07, 6.45) is 0.992. The van der Waals surface area contributed by atoms with Crippen molar-refractivity contribution in [1.82, 2.24) is 4.98 Å². The van der Waals surface area contributed by atoms with Crippen LogP contribution in [-0.2, 0) is 6.42 Å². The summed E-state index contributed by atoms with van der Waals surface area (Å²) in [7, 11) is 1.55. The highest BCUT2D eigenvalue weighted by atomic mass is 35.5. The molecule has 0 aliphatic carbocycles. The van der Waals surface area contributed by atoms with Crippen molar-refractivity contribution in [3.63, 3.8) is 0 Å². The smallest absolute Gasteiger partial charge is 0.267 e. The SMILES string of the molecule is CCc1ccc(-c2nc(C)c(C(=O)Nc3cc(Cl)ccc3OC)s2)cc1. The minimum atomic E-state index is -0.225. The minimum absolute atomic E-state index is 0.225. The number of carbonyl (C=O) groups excluding carboxylic acids is 1. The molecule has 1 amide bonds. The molecule has 3 rings (SSSR count). The highest BCUT2D eigenvalue weighted by Crippen LogP contribution is 2.31. The number of halogens is 1. The lowest BCUT2D eigenvalue weighted by molar-refractivity contribution is 0.102. The van der Waals surface area contributed by atoms with E-state index in [1.807, 2.05) is 19.1 Å². The van der Waals surface area contributed by atoms with Crippen LogP contribution in [0.3, 0.4) is 0 Å². The van der Waals surface area contributed by atoms with Gasteiger partial charge >= 0.3 is 0 Å². The zero-order chi connectivity index (χ0) is 18.7. The molecule has 134 valence electrons. The molecule has 1 N–H and O–H groups in total. The molecule has 26 heavy (non-hydrogen) atoms. The van der Waals surface area contributed by atoms with Crippen molar-refractivity contribution in [3.05, 3.63) is 63.6 Å². The van der Waals surface area contributed by atoms with Gasteiger partial charge in [-0.1, -0.05) is 42.8 Å². The summed E-state index contributed by atoms with van der Waals surface area (Å²) in [5, 5.41) is 4.22. The first-order valence-electron chi connectivity index (χ1n) is 8.23. The van der Waals surface area contributed by atoms with Crippen LogP contribution in [0.2, 0.25) is 5.02 Å². The second-order valence-electron chi connectivity index (χ2n) is 5.78. The number of ether oxygens (including phenoxy) is 1. The average Bonchev–Trinajstić information content (AvgIpc) is 3.04. The Hall–Kier alpha value is -2.37. The third kappa shape index (κ3) is 3.89. The third-order valence-corrected chi connectivity index (χ3v) is 5.46. The summed E-state index contributed by atoms with van der Waals surface area (Å²) in [6, 6.07) is 13.4. The van der Waals surface area contributed by atoms with Crippen molar-refractivity contribution in [2.45, 2.75) is 20.3 Å². The maximum atomic E-state index is 12.7. The van der Waals surface area contributed by atoms with Crippen molar-refractivity contribution < 1.29 is 9.53 Å². The number of amides is 1. The van der Waals surface area contributed by atoms with Crippen molar-refractivity contribution >= 4 is 34.5 Å². The van der Waals surface area contributed by atoms with E-state index in [0.29, 0.717) is 27.0 Å². The molecule has 0 spiro atoms. The molecule has 0 aliphatic rings. The van der Waals surface area contributed by atoms with E-state index in [2.05, 4.69) is 29.4 Å². The fraction of sp³-hybridized carbons (Fsp3) is 0.200. The van der Waals surface area contributed by atoms with Crippen LogP contribution in [-0.4, -0.2) is 18.0 Å². The zero-order valence-corrected chi connectivity index (χ0v) is 16.4. The highest BCUT2D eigenvalue weighted by molar-refractivity contribution is 7.17. The van der Waals surface area contributed by atoms with Crippen LogP contribution >= 0.6 is 22.9 Å². The van der Waals surface area contributed by atoms with Crippen molar-refractivity contribution in [2.24, 2.45) is 0 Å². The van der Waals surface area contributed by atoms with Gasteiger partial charge in [-0.25, -0.2) is 4.98 Å². The van der Waals surface area contributed by atoms with Gasteiger partial charge in [-0.15, -0.1) is 11.3 Å². The predicted octanol–water partition coefficient (Wildman–Crippen LogP) is 5.60. The topological polar surface area (TPSA) is 51.2 Å². The lowest BCUT2D eigenvalue weighted by atomic mass is 10.1. The van der Waals surface area contributed by atoms with Crippen molar-refractivity contribution in [2.75, 3.05) is 12.4 Å². The normalized spacial score (nSPS) is 10.6. The number of aromatic nitrogens is 1. The maximum Gasteiger partial charge on any atom is 0.267 e. The Morgan fingerprint density at radius 1 is 1.23 bits per heavy atom.